The Balaban J connectivity index is 1.57. The van der Waals surface area contributed by atoms with E-state index in [0.717, 1.165) is 25.7 Å². The monoisotopic (exact) mass is 658 g/mol. The number of benzene rings is 1. The highest BCUT2D eigenvalue weighted by Crippen LogP contribution is 2.39. The van der Waals surface area contributed by atoms with Gasteiger partial charge in [0.05, 0.1) is 24.7 Å². The third-order valence-electron chi connectivity index (χ3n) is 8.27. The van der Waals surface area contributed by atoms with Crippen LogP contribution in [0.5, 0.6) is 11.6 Å². The lowest BCUT2D eigenvalue weighted by molar-refractivity contribution is -0.165. The van der Waals surface area contributed by atoms with Crippen molar-refractivity contribution in [2.75, 3.05) is 13.7 Å². The SMILES string of the molecule is C=CCCC[C@@H]1C[C@H]1OC(=O)N[C@H](C(=O)N1C[C@H](Oc2nc3cc(OC)ccc3nc2Cl)[C@@H](C)[C@H]1C(=O)OC(C)(C)C)C(C)(C)C. The fourth-order valence-electron chi connectivity index (χ4n) is 5.67. The average Bonchev–Trinajstić information content (AvgIpc) is 3.60. The predicted molar refractivity (Wildman–Crippen MR) is 175 cm³/mol. The first-order valence-corrected chi connectivity index (χ1v) is 16.2. The van der Waals surface area contributed by atoms with Crippen molar-refractivity contribution in [3.8, 4) is 11.6 Å². The average molecular weight is 659 g/mol. The predicted octanol–water partition coefficient (Wildman–Crippen LogP) is 6.11. The zero-order chi connectivity index (χ0) is 34.0. The summed E-state index contributed by atoms with van der Waals surface area (Å²) in [6.45, 7) is 16.4. The molecule has 0 unspecified atom stereocenters. The maximum atomic E-state index is 14.3. The molecule has 1 saturated carbocycles. The van der Waals surface area contributed by atoms with Gasteiger partial charge in [-0.1, -0.05) is 45.4 Å². The van der Waals surface area contributed by atoms with Crippen LogP contribution in [0.3, 0.4) is 0 Å². The summed E-state index contributed by atoms with van der Waals surface area (Å²) in [5.74, 6) is -0.567. The molecule has 1 aliphatic heterocycles. The standard InChI is InChI=1S/C34H47ClN4O7/c1-10-11-12-13-20-16-24(20)45-32(42)38-27(33(3,4)5)30(40)39-18-25(19(2)26(39)31(41)46-34(6,7)8)44-29-28(35)36-22-15-14-21(43-9)17-23(22)37-29/h10,14-15,17,19-20,24-27H,1,11-13,16,18H2,2-9H3,(H,38,42)/t19-,20-,24-,25+,26+,27-/m1/s1. The van der Waals surface area contributed by atoms with Crippen LogP contribution < -0.4 is 14.8 Å². The van der Waals surface area contributed by atoms with Crippen LogP contribution in [0.4, 0.5) is 4.79 Å². The number of esters is 1. The Labute approximate surface area is 276 Å². The third-order valence-corrected chi connectivity index (χ3v) is 8.51. The van der Waals surface area contributed by atoms with Gasteiger partial charge in [0.1, 0.15) is 35.6 Å². The summed E-state index contributed by atoms with van der Waals surface area (Å²) >= 11 is 6.48. The second-order valence-electron chi connectivity index (χ2n) is 14.3. The number of allylic oxidation sites excluding steroid dienone is 1. The first-order valence-electron chi connectivity index (χ1n) is 15.8. The minimum atomic E-state index is -0.996. The molecule has 12 heteroatoms. The molecular weight excluding hydrogens is 612 g/mol. The molecule has 252 valence electrons. The molecule has 0 bridgehead atoms. The van der Waals surface area contributed by atoms with Crippen molar-refractivity contribution in [1.29, 1.82) is 0 Å². The number of likely N-dealkylation sites (tertiary alicyclic amines) is 1. The van der Waals surface area contributed by atoms with Gasteiger partial charge >= 0.3 is 12.1 Å². The van der Waals surface area contributed by atoms with E-state index in [9.17, 15) is 14.4 Å². The van der Waals surface area contributed by atoms with Gasteiger partial charge in [-0.15, -0.1) is 6.58 Å². The van der Waals surface area contributed by atoms with Crippen LogP contribution in [0.2, 0.25) is 5.15 Å². The highest BCUT2D eigenvalue weighted by Gasteiger charge is 2.52. The Morgan fingerprint density at radius 2 is 1.85 bits per heavy atom. The van der Waals surface area contributed by atoms with Crippen LogP contribution >= 0.6 is 11.6 Å². The fraction of sp³-hybridized carbons (Fsp3) is 0.618. The minimum absolute atomic E-state index is 0.0232. The van der Waals surface area contributed by atoms with Gasteiger partial charge in [0.25, 0.3) is 5.88 Å². The Morgan fingerprint density at radius 3 is 2.48 bits per heavy atom. The van der Waals surface area contributed by atoms with Crippen LogP contribution in [0, 0.1) is 17.3 Å². The molecule has 1 saturated heterocycles. The molecular formula is C34H47ClN4O7. The van der Waals surface area contributed by atoms with E-state index in [4.69, 9.17) is 30.5 Å². The van der Waals surface area contributed by atoms with Crippen LogP contribution in [0.15, 0.2) is 30.9 Å². The van der Waals surface area contributed by atoms with Gasteiger partial charge < -0.3 is 29.2 Å². The molecule has 0 radical (unpaired) electrons. The first kappa shape index (κ1) is 35.3. The minimum Gasteiger partial charge on any atom is -0.497 e. The van der Waals surface area contributed by atoms with Crippen molar-refractivity contribution in [3.05, 3.63) is 36.0 Å². The lowest BCUT2D eigenvalue weighted by Crippen LogP contribution is -2.57. The second kappa shape index (κ2) is 14.0. The van der Waals surface area contributed by atoms with Crippen molar-refractivity contribution >= 4 is 40.6 Å². The molecule has 1 aromatic heterocycles. The Hall–Kier alpha value is -3.60. The Bertz CT molecular complexity index is 1450. The first-order chi connectivity index (χ1) is 21.5. The van der Waals surface area contributed by atoms with Gasteiger partial charge in [0.15, 0.2) is 5.15 Å². The van der Waals surface area contributed by atoms with E-state index in [1.54, 1.807) is 46.1 Å². The zero-order valence-electron chi connectivity index (χ0n) is 28.1. The van der Waals surface area contributed by atoms with Crippen molar-refractivity contribution < 1.29 is 33.3 Å². The van der Waals surface area contributed by atoms with Crippen molar-refractivity contribution in [2.45, 2.75) is 104 Å². The molecule has 1 aliphatic carbocycles. The van der Waals surface area contributed by atoms with E-state index < -0.39 is 53.1 Å². The van der Waals surface area contributed by atoms with Gasteiger partial charge in [-0.2, -0.15) is 0 Å². The normalized spacial score (nSPS) is 23.4. The number of halogens is 1. The number of unbranched alkanes of at least 4 members (excludes halogenated alkanes) is 1. The smallest absolute Gasteiger partial charge is 0.408 e. The number of rotatable bonds is 11. The van der Waals surface area contributed by atoms with Crippen molar-refractivity contribution in [1.82, 2.24) is 20.2 Å². The number of carbonyl (C=O) groups is 3. The number of amides is 2. The van der Waals surface area contributed by atoms with Crippen LogP contribution in [-0.4, -0.2) is 76.4 Å². The summed E-state index contributed by atoms with van der Waals surface area (Å²) in [4.78, 5) is 51.4. The van der Waals surface area contributed by atoms with Gasteiger partial charge in [-0.3, -0.25) is 4.79 Å². The summed E-state index contributed by atoms with van der Waals surface area (Å²) in [6.07, 6.45) is 4.02. The number of methoxy groups -OCH3 is 1. The summed E-state index contributed by atoms with van der Waals surface area (Å²) in [5.41, 5.74) is -0.443. The molecule has 11 nitrogen and oxygen atoms in total. The van der Waals surface area contributed by atoms with Gasteiger partial charge in [-0.25, -0.2) is 19.6 Å². The van der Waals surface area contributed by atoms with Crippen LogP contribution in [-0.2, 0) is 19.1 Å². The number of carbonyl (C=O) groups excluding carboxylic acids is 3. The van der Waals surface area contributed by atoms with Crippen LogP contribution in [0.25, 0.3) is 11.0 Å². The third kappa shape index (κ3) is 8.60. The van der Waals surface area contributed by atoms with E-state index in [0.29, 0.717) is 22.7 Å². The fourth-order valence-corrected chi connectivity index (χ4v) is 5.85. The molecule has 0 spiro atoms. The highest BCUT2D eigenvalue weighted by molar-refractivity contribution is 6.31. The molecule has 1 aromatic carbocycles. The van der Waals surface area contributed by atoms with Crippen LogP contribution in [0.1, 0.15) is 74.1 Å². The number of alkyl carbamates (subject to hydrolysis) is 1. The number of nitrogens with one attached hydrogen (secondary N) is 1. The van der Waals surface area contributed by atoms with E-state index in [2.05, 4.69) is 21.9 Å². The van der Waals surface area contributed by atoms with E-state index in [1.165, 1.54) is 4.90 Å². The quantitative estimate of drug-likeness (QED) is 0.173. The van der Waals surface area contributed by atoms with E-state index in [1.807, 2.05) is 33.8 Å². The van der Waals surface area contributed by atoms with E-state index in [-0.39, 0.29) is 23.7 Å². The molecule has 4 rings (SSSR count). The number of aromatic nitrogens is 2. The number of fused-ring (bicyclic) bond motifs is 1. The lowest BCUT2D eigenvalue weighted by atomic mass is 9.85. The molecule has 6 atom stereocenters. The Kier molecular flexibility index (Phi) is 10.8. The van der Waals surface area contributed by atoms with Gasteiger partial charge in [0.2, 0.25) is 5.91 Å². The van der Waals surface area contributed by atoms with E-state index >= 15 is 0 Å². The topological polar surface area (TPSA) is 129 Å². The molecule has 1 N–H and O–H groups in total. The maximum absolute atomic E-state index is 14.3. The van der Waals surface area contributed by atoms with Crippen molar-refractivity contribution in [3.63, 3.8) is 0 Å². The van der Waals surface area contributed by atoms with Gasteiger partial charge in [0, 0.05) is 12.0 Å². The number of hydrogen-bond donors (Lipinski definition) is 1. The molecule has 2 heterocycles. The molecule has 2 aliphatic rings. The Morgan fingerprint density at radius 1 is 1.13 bits per heavy atom. The molecule has 2 amide bonds. The number of hydrogen-bond acceptors (Lipinski definition) is 9. The zero-order valence-corrected chi connectivity index (χ0v) is 28.8. The summed E-state index contributed by atoms with van der Waals surface area (Å²) < 4.78 is 23.0. The summed E-state index contributed by atoms with van der Waals surface area (Å²) in [7, 11) is 1.55. The highest BCUT2D eigenvalue weighted by atomic mass is 35.5. The number of ether oxygens (including phenoxy) is 4. The summed E-state index contributed by atoms with van der Waals surface area (Å²) in [5, 5.41) is 2.85. The lowest BCUT2D eigenvalue weighted by Gasteiger charge is -2.35. The largest absolute Gasteiger partial charge is 0.497 e. The summed E-state index contributed by atoms with van der Waals surface area (Å²) in [6, 6.07) is 3.22. The number of nitrogens with zero attached hydrogens (tertiary/aromatic N) is 3. The molecule has 46 heavy (non-hydrogen) atoms. The molecule has 2 fully saturated rings. The second-order valence-corrected chi connectivity index (χ2v) is 14.6. The molecule has 2 aromatic rings. The maximum Gasteiger partial charge on any atom is 0.408 e. The van der Waals surface area contributed by atoms with Crippen molar-refractivity contribution in [2.24, 2.45) is 17.3 Å². The van der Waals surface area contributed by atoms with Gasteiger partial charge in [-0.05, 0) is 69.9 Å².